The fraction of sp³-hybridized carbons (Fsp3) is 0.471. The first-order chi connectivity index (χ1) is 9.39. The second-order valence-corrected chi connectivity index (χ2v) is 6.82. The average Bonchev–Trinajstić information content (AvgIpc) is 2.39. The molecule has 0 spiro atoms. The molecule has 0 aliphatic heterocycles. The number of aromatic nitrogens is 1. The number of halogens is 1. The van der Waals surface area contributed by atoms with Crippen molar-refractivity contribution < 1.29 is 0 Å². The molecule has 3 heteroatoms. The lowest BCUT2D eigenvalue weighted by atomic mass is 9.81. The molecule has 0 saturated carbocycles. The minimum Gasteiger partial charge on any atom is -0.322 e. The molecule has 0 saturated heterocycles. The first kappa shape index (κ1) is 13.8. The van der Waals surface area contributed by atoms with Gasteiger partial charge in [0.05, 0.1) is 5.52 Å². The van der Waals surface area contributed by atoms with Gasteiger partial charge in [0.15, 0.2) is 0 Å². The van der Waals surface area contributed by atoms with Crippen LogP contribution >= 0.6 is 11.6 Å². The highest BCUT2D eigenvalue weighted by Crippen LogP contribution is 2.37. The highest BCUT2D eigenvalue weighted by Gasteiger charge is 2.26. The lowest BCUT2D eigenvalue weighted by Crippen LogP contribution is -2.32. The zero-order valence-electron chi connectivity index (χ0n) is 12.4. The predicted molar refractivity (Wildman–Crippen MR) is 85.3 cm³/mol. The van der Waals surface area contributed by atoms with E-state index in [1.807, 2.05) is 13.0 Å². The van der Waals surface area contributed by atoms with Gasteiger partial charge in [-0.05, 0) is 69.2 Å². The maximum Gasteiger partial charge on any atom is 0.0752 e. The van der Waals surface area contributed by atoms with Gasteiger partial charge in [-0.3, -0.25) is 4.98 Å². The van der Waals surface area contributed by atoms with Crippen LogP contribution in [0.4, 0.5) is 0 Å². The fourth-order valence-electron chi connectivity index (χ4n) is 3.34. The molecule has 2 N–H and O–H groups in total. The van der Waals surface area contributed by atoms with Crippen molar-refractivity contribution in [3.63, 3.8) is 0 Å². The zero-order chi connectivity index (χ0) is 14.5. The summed E-state index contributed by atoms with van der Waals surface area (Å²) in [6.45, 7) is 6.21. The van der Waals surface area contributed by atoms with Crippen molar-refractivity contribution in [1.29, 1.82) is 0 Å². The summed E-state index contributed by atoms with van der Waals surface area (Å²) in [6.07, 6.45) is 4.60. The number of fused-ring (bicyclic) bond motifs is 2. The van der Waals surface area contributed by atoms with Gasteiger partial charge < -0.3 is 5.73 Å². The van der Waals surface area contributed by atoms with E-state index < -0.39 is 0 Å². The molecule has 0 amide bonds. The van der Waals surface area contributed by atoms with Crippen molar-refractivity contribution in [2.24, 2.45) is 5.73 Å². The van der Waals surface area contributed by atoms with Gasteiger partial charge in [-0.1, -0.05) is 17.7 Å². The number of pyridine rings is 1. The Labute approximate surface area is 125 Å². The summed E-state index contributed by atoms with van der Waals surface area (Å²) in [7, 11) is 0. The van der Waals surface area contributed by atoms with Crippen molar-refractivity contribution in [2.75, 3.05) is 0 Å². The molecule has 1 aromatic carbocycles. The van der Waals surface area contributed by atoms with Gasteiger partial charge in [0.2, 0.25) is 0 Å². The maximum absolute atomic E-state index is 6.47. The topological polar surface area (TPSA) is 38.9 Å². The zero-order valence-corrected chi connectivity index (χ0v) is 13.1. The molecule has 1 aliphatic carbocycles. The molecule has 0 unspecified atom stereocenters. The van der Waals surface area contributed by atoms with E-state index >= 15 is 0 Å². The van der Waals surface area contributed by atoms with E-state index in [4.69, 9.17) is 22.3 Å². The minimum absolute atomic E-state index is 0.358. The Morgan fingerprint density at radius 3 is 2.60 bits per heavy atom. The molecule has 20 heavy (non-hydrogen) atoms. The molecule has 0 atom stereocenters. The Bertz CT molecular complexity index is 684. The Kier molecular flexibility index (Phi) is 3.26. The number of rotatable bonds is 1. The van der Waals surface area contributed by atoms with Gasteiger partial charge in [-0.15, -0.1) is 0 Å². The summed E-state index contributed by atoms with van der Waals surface area (Å²) >= 11 is 6.27. The lowest BCUT2D eigenvalue weighted by Gasteiger charge is -2.29. The Morgan fingerprint density at radius 2 is 1.90 bits per heavy atom. The van der Waals surface area contributed by atoms with Crippen LogP contribution in [-0.2, 0) is 18.4 Å². The molecule has 2 nitrogen and oxygen atoms in total. The summed E-state index contributed by atoms with van der Waals surface area (Å²) in [5.74, 6) is 0. The molecule has 2 aromatic rings. The van der Waals surface area contributed by atoms with Gasteiger partial charge in [-0.25, -0.2) is 0 Å². The first-order valence-corrected chi connectivity index (χ1v) is 7.67. The molecule has 1 aliphatic rings. The van der Waals surface area contributed by atoms with Crippen LogP contribution in [0.3, 0.4) is 0 Å². The van der Waals surface area contributed by atoms with Crippen LogP contribution in [0.1, 0.15) is 49.1 Å². The third-order valence-electron chi connectivity index (χ3n) is 4.27. The predicted octanol–water partition coefficient (Wildman–Crippen LogP) is 4.27. The molecule has 3 rings (SSSR count). The van der Waals surface area contributed by atoms with Gasteiger partial charge in [-0.2, -0.15) is 0 Å². The summed E-state index contributed by atoms with van der Waals surface area (Å²) in [4.78, 5) is 4.91. The quantitative estimate of drug-likeness (QED) is 0.851. The number of hydrogen-bond acceptors (Lipinski definition) is 2. The molecular formula is C17H21ClN2. The molecule has 0 radical (unpaired) electrons. The van der Waals surface area contributed by atoms with Gasteiger partial charge in [0, 0.05) is 21.6 Å². The molecule has 106 valence electrons. The summed E-state index contributed by atoms with van der Waals surface area (Å²) < 4.78 is 0. The third-order valence-corrected chi connectivity index (χ3v) is 4.68. The molecular weight excluding hydrogens is 268 g/mol. The van der Waals surface area contributed by atoms with Gasteiger partial charge in [0.25, 0.3) is 0 Å². The average molecular weight is 289 g/mol. The Morgan fingerprint density at radius 1 is 1.20 bits per heavy atom. The van der Waals surface area contributed by atoms with Crippen LogP contribution in [-0.4, -0.2) is 4.98 Å². The van der Waals surface area contributed by atoms with Crippen LogP contribution in [0.25, 0.3) is 10.9 Å². The Hall–Kier alpha value is -1.12. The molecule has 0 fully saturated rings. The van der Waals surface area contributed by atoms with Crippen LogP contribution in [0, 0.1) is 6.92 Å². The minimum atomic E-state index is -0.358. The van der Waals surface area contributed by atoms with E-state index in [1.54, 1.807) is 0 Å². The van der Waals surface area contributed by atoms with E-state index in [9.17, 15) is 0 Å². The summed E-state index contributed by atoms with van der Waals surface area (Å²) in [5.41, 5.74) is 12.1. The highest BCUT2D eigenvalue weighted by atomic mass is 35.5. The van der Waals surface area contributed by atoms with E-state index in [-0.39, 0.29) is 5.54 Å². The number of benzene rings is 1. The number of nitrogens with two attached hydrogens (primary N) is 1. The Balaban J connectivity index is 2.45. The van der Waals surface area contributed by atoms with E-state index in [0.29, 0.717) is 0 Å². The second kappa shape index (κ2) is 4.71. The molecule has 1 aromatic heterocycles. The van der Waals surface area contributed by atoms with Crippen molar-refractivity contribution in [3.05, 3.63) is 39.5 Å². The van der Waals surface area contributed by atoms with Crippen molar-refractivity contribution in [2.45, 2.75) is 52.0 Å². The SMILES string of the molecule is Cc1c(Cl)ccc2c(C(C)(C)N)c3c(nc12)CCCC3. The van der Waals surface area contributed by atoms with E-state index in [2.05, 4.69) is 19.9 Å². The number of nitrogens with zero attached hydrogens (tertiary/aromatic N) is 1. The van der Waals surface area contributed by atoms with Gasteiger partial charge in [0.1, 0.15) is 0 Å². The first-order valence-electron chi connectivity index (χ1n) is 7.29. The summed E-state index contributed by atoms with van der Waals surface area (Å²) in [5, 5.41) is 1.95. The van der Waals surface area contributed by atoms with E-state index in [0.717, 1.165) is 28.9 Å². The maximum atomic E-state index is 6.47. The fourth-order valence-corrected chi connectivity index (χ4v) is 3.49. The number of aryl methyl sites for hydroxylation is 2. The third kappa shape index (κ3) is 2.11. The standard InChI is InChI=1S/C17H21ClN2/c1-10-13(18)9-8-12-15(17(2,3)19)11-6-4-5-7-14(11)20-16(10)12/h8-9H,4-7,19H2,1-3H3. The van der Waals surface area contributed by atoms with E-state index in [1.165, 1.54) is 35.0 Å². The van der Waals surface area contributed by atoms with Crippen LogP contribution in [0.5, 0.6) is 0 Å². The molecule has 0 bridgehead atoms. The summed E-state index contributed by atoms with van der Waals surface area (Å²) in [6, 6.07) is 4.04. The highest BCUT2D eigenvalue weighted by molar-refractivity contribution is 6.32. The monoisotopic (exact) mass is 288 g/mol. The van der Waals surface area contributed by atoms with Crippen molar-refractivity contribution in [1.82, 2.24) is 4.98 Å². The number of hydrogen-bond donors (Lipinski definition) is 1. The van der Waals surface area contributed by atoms with Crippen molar-refractivity contribution >= 4 is 22.5 Å². The van der Waals surface area contributed by atoms with Crippen LogP contribution < -0.4 is 5.73 Å². The normalized spacial score (nSPS) is 15.4. The largest absolute Gasteiger partial charge is 0.322 e. The second-order valence-electron chi connectivity index (χ2n) is 6.41. The van der Waals surface area contributed by atoms with Crippen molar-refractivity contribution in [3.8, 4) is 0 Å². The van der Waals surface area contributed by atoms with Crippen LogP contribution in [0.2, 0.25) is 5.02 Å². The van der Waals surface area contributed by atoms with Crippen LogP contribution in [0.15, 0.2) is 12.1 Å². The van der Waals surface area contributed by atoms with Gasteiger partial charge >= 0.3 is 0 Å². The molecule has 1 heterocycles. The smallest absolute Gasteiger partial charge is 0.0752 e. The lowest BCUT2D eigenvalue weighted by molar-refractivity contribution is 0.541.